The largest absolute Gasteiger partial charge is 0.416 e. The Labute approximate surface area is 181 Å². The number of carbonyl (C=O) groups excluding carboxylic acids is 1. The minimum absolute atomic E-state index is 0. The van der Waals surface area contributed by atoms with Gasteiger partial charge in [0, 0.05) is 39.1 Å². The maximum atomic E-state index is 13.0. The van der Waals surface area contributed by atoms with E-state index in [1.54, 1.807) is 20.2 Å². The molecule has 1 amide bonds. The molecular weight excluding hydrogens is 484 g/mol. The molecule has 0 radical (unpaired) electrons. The Morgan fingerprint density at radius 3 is 2.61 bits per heavy atom. The Hall–Kier alpha value is -1.52. The van der Waals surface area contributed by atoms with Crippen LogP contribution in [0.15, 0.2) is 29.3 Å². The second-order valence-electron chi connectivity index (χ2n) is 7.28. The summed E-state index contributed by atoms with van der Waals surface area (Å²) in [4.78, 5) is 19.7. The van der Waals surface area contributed by atoms with E-state index in [-0.39, 0.29) is 48.4 Å². The van der Waals surface area contributed by atoms with Crippen LogP contribution in [0.4, 0.5) is 13.2 Å². The number of carbonyl (C=O) groups is 1. The summed E-state index contributed by atoms with van der Waals surface area (Å²) in [6.45, 7) is 5.23. The van der Waals surface area contributed by atoms with Gasteiger partial charge in [0.15, 0.2) is 5.96 Å². The molecule has 1 saturated heterocycles. The van der Waals surface area contributed by atoms with E-state index in [0.29, 0.717) is 24.6 Å². The summed E-state index contributed by atoms with van der Waals surface area (Å²) in [6.07, 6.45) is -3.60. The third kappa shape index (κ3) is 6.82. The van der Waals surface area contributed by atoms with Gasteiger partial charge in [0.05, 0.1) is 5.56 Å². The molecule has 1 aromatic carbocycles. The number of nitrogens with zero attached hydrogens (tertiary/aromatic N) is 3. The maximum Gasteiger partial charge on any atom is 0.416 e. The summed E-state index contributed by atoms with van der Waals surface area (Å²) in [6, 6.07) is 5.65. The Morgan fingerprint density at radius 2 is 2.04 bits per heavy atom. The number of halogens is 4. The standard InChI is InChI=1S/C19H27F3N4O.HI/c1-13(2)24-18(23-11-17(27)25(3)4)26-9-8-15(12-26)14-6-5-7-16(10-14)19(20,21)22;/h5-7,10,13,15H,8-9,11-12H2,1-4H3,(H,23,24);1H. The van der Waals surface area contributed by atoms with Gasteiger partial charge in [-0.1, -0.05) is 18.2 Å². The number of hydrogen-bond donors (Lipinski definition) is 1. The lowest BCUT2D eigenvalue weighted by atomic mass is 9.96. The SMILES string of the molecule is CC(C)NC(=NCC(=O)N(C)C)N1CCC(c2cccc(C(F)(F)F)c2)C1.I. The van der Waals surface area contributed by atoms with Crippen LogP contribution in [0.2, 0.25) is 0 Å². The van der Waals surface area contributed by atoms with Crippen molar-refractivity contribution in [3.05, 3.63) is 35.4 Å². The maximum absolute atomic E-state index is 13.0. The first-order valence-electron chi connectivity index (χ1n) is 9.01. The number of rotatable bonds is 4. The van der Waals surface area contributed by atoms with E-state index in [2.05, 4.69) is 10.3 Å². The number of likely N-dealkylation sites (tertiary alicyclic amines) is 1. The van der Waals surface area contributed by atoms with Gasteiger partial charge < -0.3 is 15.1 Å². The molecule has 28 heavy (non-hydrogen) atoms. The van der Waals surface area contributed by atoms with Crippen molar-refractivity contribution >= 4 is 35.8 Å². The Morgan fingerprint density at radius 1 is 1.36 bits per heavy atom. The van der Waals surface area contributed by atoms with Crippen LogP contribution in [0.3, 0.4) is 0 Å². The van der Waals surface area contributed by atoms with Crippen LogP contribution in [0.1, 0.15) is 37.3 Å². The average molecular weight is 512 g/mol. The number of nitrogens with one attached hydrogen (secondary N) is 1. The van der Waals surface area contributed by atoms with Gasteiger partial charge in [-0.25, -0.2) is 4.99 Å². The van der Waals surface area contributed by atoms with Crippen molar-refractivity contribution in [3.63, 3.8) is 0 Å². The van der Waals surface area contributed by atoms with Crippen LogP contribution in [0.25, 0.3) is 0 Å². The lowest BCUT2D eigenvalue weighted by Gasteiger charge is -2.24. The summed E-state index contributed by atoms with van der Waals surface area (Å²) >= 11 is 0. The summed E-state index contributed by atoms with van der Waals surface area (Å²) in [5.74, 6) is 0.511. The molecule has 0 aromatic heterocycles. The lowest BCUT2D eigenvalue weighted by molar-refractivity contribution is -0.137. The third-order valence-electron chi connectivity index (χ3n) is 4.45. The van der Waals surface area contributed by atoms with Gasteiger partial charge in [0.25, 0.3) is 0 Å². The van der Waals surface area contributed by atoms with E-state index in [1.807, 2.05) is 18.7 Å². The monoisotopic (exact) mass is 512 g/mol. The van der Waals surface area contributed by atoms with Crippen molar-refractivity contribution in [2.45, 2.75) is 38.4 Å². The predicted molar refractivity (Wildman–Crippen MR) is 115 cm³/mol. The molecule has 0 aliphatic carbocycles. The predicted octanol–water partition coefficient (Wildman–Crippen LogP) is 3.55. The molecular formula is C19H28F3IN4O. The molecule has 158 valence electrons. The fourth-order valence-corrected chi connectivity index (χ4v) is 2.97. The summed E-state index contributed by atoms with van der Waals surface area (Å²) < 4.78 is 38.9. The molecule has 5 nitrogen and oxygen atoms in total. The van der Waals surface area contributed by atoms with E-state index >= 15 is 0 Å². The van der Waals surface area contributed by atoms with Gasteiger partial charge in [-0.05, 0) is 31.9 Å². The highest BCUT2D eigenvalue weighted by atomic mass is 127. The molecule has 1 unspecified atom stereocenters. The summed E-state index contributed by atoms with van der Waals surface area (Å²) in [7, 11) is 3.35. The smallest absolute Gasteiger partial charge is 0.354 e. The first kappa shape index (κ1) is 24.5. The molecule has 0 spiro atoms. The first-order chi connectivity index (χ1) is 12.6. The zero-order valence-electron chi connectivity index (χ0n) is 16.6. The van der Waals surface area contributed by atoms with Crippen molar-refractivity contribution in [1.82, 2.24) is 15.1 Å². The zero-order valence-corrected chi connectivity index (χ0v) is 18.9. The number of aliphatic imine (C=N–C) groups is 1. The molecule has 0 bridgehead atoms. The number of benzene rings is 1. The van der Waals surface area contributed by atoms with E-state index in [4.69, 9.17) is 0 Å². The number of hydrogen-bond acceptors (Lipinski definition) is 2. The van der Waals surface area contributed by atoms with Crippen molar-refractivity contribution in [3.8, 4) is 0 Å². The molecule has 0 saturated carbocycles. The number of amides is 1. The van der Waals surface area contributed by atoms with E-state index < -0.39 is 11.7 Å². The zero-order chi connectivity index (χ0) is 20.2. The van der Waals surface area contributed by atoms with Crippen LogP contribution in [-0.4, -0.2) is 61.4 Å². The van der Waals surface area contributed by atoms with Crippen molar-refractivity contribution < 1.29 is 18.0 Å². The summed E-state index contributed by atoms with van der Waals surface area (Å²) in [5, 5.41) is 3.25. The molecule has 1 aromatic rings. The molecule has 2 rings (SSSR count). The normalized spacial score (nSPS) is 17.5. The minimum atomic E-state index is -4.34. The van der Waals surface area contributed by atoms with Crippen LogP contribution in [-0.2, 0) is 11.0 Å². The van der Waals surface area contributed by atoms with Gasteiger partial charge in [-0.2, -0.15) is 13.2 Å². The quantitative estimate of drug-likeness (QED) is 0.382. The summed E-state index contributed by atoms with van der Waals surface area (Å²) in [5.41, 5.74) is 0.0600. The lowest BCUT2D eigenvalue weighted by Crippen LogP contribution is -2.43. The topological polar surface area (TPSA) is 47.9 Å². The van der Waals surface area contributed by atoms with E-state index in [0.717, 1.165) is 12.5 Å². The average Bonchev–Trinajstić information content (AvgIpc) is 3.07. The number of guanidine groups is 1. The Balaban J connectivity index is 0.00000392. The van der Waals surface area contributed by atoms with Crippen LogP contribution >= 0.6 is 24.0 Å². The fourth-order valence-electron chi connectivity index (χ4n) is 2.97. The molecule has 1 aliphatic rings. The highest BCUT2D eigenvalue weighted by Gasteiger charge is 2.32. The molecule has 1 atom stereocenters. The number of likely N-dealkylation sites (N-methyl/N-ethyl adjacent to an activating group) is 1. The minimum Gasteiger partial charge on any atom is -0.354 e. The van der Waals surface area contributed by atoms with Gasteiger partial charge in [0.1, 0.15) is 6.54 Å². The molecule has 1 fully saturated rings. The van der Waals surface area contributed by atoms with Crippen LogP contribution < -0.4 is 5.32 Å². The second-order valence-corrected chi connectivity index (χ2v) is 7.28. The third-order valence-corrected chi connectivity index (χ3v) is 4.45. The van der Waals surface area contributed by atoms with Crippen LogP contribution in [0.5, 0.6) is 0 Å². The van der Waals surface area contributed by atoms with Crippen molar-refractivity contribution in [2.75, 3.05) is 33.7 Å². The van der Waals surface area contributed by atoms with Gasteiger partial charge in [0.2, 0.25) is 5.91 Å². The second kappa shape index (κ2) is 10.3. The van der Waals surface area contributed by atoms with E-state index in [9.17, 15) is 18.0 Å². The van der Waals surface area contributed by atoms with Gasteiger partial charge >= 0.3 is 6.18 Å². The number of alkyl halides is 3. The van der Waals surface area contributed by atoms with Gasteiger partial charge in [-0.15, -0.1) is 24.0 Å². The molecule has 9 heteroatoms. The van der Waals surface area contributed by atoms with Gasteiger partial charge in [-0.3, -0.25) is 4.79 Å². The van der Waals surface area contributed by atoms with E-state index in [1.165, 1.54) is 17.0 Å². The molecule has 1 N–H and O–H groups in total. The first-order valence-corrected chi connectivity index (χ1v) is 9.01. The molecule has 1 aliphatic heterocycles. The van der Waals surface area contributed by atoms with Crippen molar-refractivity contribution in [1.29, 1.82) is 0 Å². The highest BCUT2D eigenvalue weighted by molar-refractivity contribution is 14.0. The van der Waals surface area contributed by atoms with Crippen molar-refractivity contribution in [2.24, 2.45) is 4.99 Å². The Bertz CT molecular complexity index is 692. The molecule has 1 heterocycles. The highest BCUT2D eigenvalue weighted by Crippen LogP contribution is 2.33. The fraction of sp³-hybridized carbons (Fsp3) is 0.579. The van der Waals surface area contributed by atoms with Crippen LogP contribution in [0, 0.1) is 0 Å². The Kier molecular flexibility index (Phi) is 9.03.